The maximum atomic E-state index is 10.0. The van der Waals surface area contributed by atoms with Crippen molar-refractivity contribution in [2.24, 2.45) is 5.18 Å². The normalized spacial score (nSPS) is 12.5. The molecule has 0 saturated heterocycles. The molecular formula is C6H4BrClN2O. The Hall–Kier alpha value is -0.480. The molecule has 0 aliphatic rings. The average Bonchev–Trinajstić information content (AvgIpc) is 2.04. The first kappa shape index (κ1) is 8.62. The molecule has 1 aromatic heterocycles. The Morgan fingerprint density at radius 3 is 3.00 bits per heavy atom. The van der Waals surface area contributed by atoms with E-state index in [1.54, 1.807) is 18.3 Å². The third-order valence-corrected chi connectivity index (χ3v) is 2.11. The van der Waals surface area contributed by atoms with Gasteiger partial charge in [0.2, 0.25) is 0 Å². The van der Waals surface area contributed by atoms with Crippen LogP contribution < -0.4 is 0 Å². The van der Waals surface area contributed by atoms with E-state index in [0.29, 0.717) is 10.2 Å². The fourth-order valence-electron chi connectivity index (χ4n) is 0.633. The lowest BCUT2D eigenvalue weighted by Crippen LogP contribution is -1.88. The number of rotatable bonds is 2. The van der Waals surface area contributed by atoms with Crippen molar-refractivity contribution in [3.63, 3.8) is 0 Å². The van der Waals surface area contributed by atoms with Crippen LogP contribution in [0.2, 0.25) is 0 Å². The first-order chi connectivity index (χ1) is 5.25. The first-order valence-electron chi connectivity index (χ1n) is 2.82. The minimum Gasteiger partial charge on any atom is -0.249 e. The molecule has 1 atom stereocenters. The summed E-state index contributed by atoms with van der Waals surface area (Å²) in [7, 11) is 0. The van der Waals surface area contributed by atoms with E-state index in [4.69, 9.17) is 11.6 Å². The molecule has 5 heteroatoms. The van der Waals surface area contributed by atoms with E-state index in [9.17, 15) is 4.91 Å². The van der Waals surface area contributed by atoms with Gasteiger partial charge in [0.25, 0.3) is 0 Å². The number of halogens is 2. The molecular weight excluding hydrogens is 231 g/mol. The molecule has 0 spiro atoms. The summed E-state index contributed by atoms with van der Waals surface area (Å²) in [5.74, 6) is 0. The molecule has 0 aliphatic carbocycles. The summed E-state index contributed by atoms with van der Waals surface area (Å²) in [6.07, 6.45) is 1.60. The Morgan fingerprint density at radius 2 is 2.45 bits per heavy atom. The van der Waals surface area contributed by atoms with Crippen LogP contribution in [-0.2, 0) is 0 Å². The van der Waals surface area contributed by atoms with Gasteiger partial charge in [-0.05, 0) is 27.2 Å². The van der Waals surface area contributed by atoms with Gasteiger partial charge in [-0.1, -0.05) is 17.7 Å². The van der Waals surface area contributed by atoms with Gasteiger partial charge in [0.15, 0.2) is 5.50 Å². The molecule has 0 fully saturated rings. The maximum absolute atomic E-state index is 10.0. The zero-order valence-electron chi connectivity index (χ0n) is 5.37. The second-order valence-corrected chi connectivity index (χ2v) is 2.99. The summed E-state index contributed by atoms with van der Waals surface area (Å²) in [5.41, 5.74) is -0.276. The predicted octanol–water partition coefficient (Wildman–Crippen LogP) is 2.85. The predicted molar refractivity (Wildman–Crippen MR) is 46.3 cm³/mol. The Labute approximate surface area is 76.9 Å². The van der Waals surface area contributed by atoms with E-state index in [-0.39, 0.29) is 0 Å². The largest absolute Gasteiger partial charge is 0.249 e. The number of nitrogens with zero attached hydrogens (tertiary/aromatic N) is 2. The van der Waals surface area contributed by atoms with Crippen LogP contribution >= 0.6 is 27.5 Å². The molecule has 0 N–H and O–H groups in total. The molecule has 1 aromatic rings. The van der Waals surface area contributed by atoms with Gasteiger partial charge >= 0.3 is 0 Å². The minimum atomic E-state index is -0.863. The van der Waals surface area contributed by atoms with E-state index in [2.05, 4.69) is 26.1 Å². The van der Waals surface area contributed by atoms with Gasteiger partial charge in [-0.15, -0.1) is 4.91 Å². The third-order valence-electron chi connectivity index (χ3n) is 1.14. The van der Waals surface area contributed by atoms with Crippen LogP contribution in [0.25, 0.3) is 0 Å². The molecule has 0 amide bonds. The quantitative estimate of drug-likeness (QED) is 0.342. The van der Waals surface area contributed by atoms with Gasteiger partial charge in [-0.3, -0.25) is 0 Å². The lowest BCUT2D eigenvalue weighted by Gasteiger charge is -2.00. The number of nitroso groups, excluding NO2 is 1. The van der Waals surface area contributed by atoms with Gasteiger partial charge in [0.05, 0.1) is 0 Å². The Bertz CT molecular complexity index is 269. The monoisotopic (exact) mass is 234 g/mol. The molecule has 1 heterocycles. The molecule has 0 bridgehead atoms. The van der Waals surface area contributed by atoms with Gasteiger partial charge in [0.1, 0.15) is 4.60 Å². The van der Waals surface area contributed by atoms with Crippen molar-refractivity contribution in [1.82, 2.24) is 4.98 Å². The van der Waals surface area contributed by atoms with E-state index in [0.717, 1.165) is 0 Å². The Morgan fingerprint density at radius 1 is 1.73 bits per heavy atom. The highest BCUT2D eigenvalue weighted by Crippen LogP contribution is 2.26. The number of pyridine rings is 1. The molecule has 0 aliphatic heterocycles. The van der Waals surface area contributed by atoms with Gasteiger partial charge < -0.3 is 0 Å². The minimum absolute atomic E-state index is 0.555. The van der Waals surface area contributed by atoms with Crippen LogP contribution in [0, 0.1) is 4.91 Å². The van der Waals surface area contributed by atoms with Crippen LogP contribution in [0.4, 0.5) is 0 Å². The lowest BCUT2D eigenvalue weighted by molar-refractivity contribution is 0.974. The second-order valence-electron chi connectivity index (χ2n) is 1.82. The topological polar surface area (TPSA) is 42.3 Å². The van der Waals surface area contributed by atoms with Crippen molar-refractivity contribution in [2.75, 3.05) is 0 Å². The number of alkyl halides is 1. The number of aromatic nitrogens is 1. The van der Waals surface area contributed by atoms with E-state index in [1.807, 2.05) is 0 Å². The fourth-order valence-corrected chi connectivity index (χ4v) is 1.41. The SMILES string of the molecule is O=NC(Cl)c1cccnc1Br. The fraction of sp³-hybridized carbons (Fsp3) is 0.167. The standard InChI is InChI=1S/C6H4BrClN2O/c7-5-4(6(8)10-11)2-1-3-9-5/h1-3,6H. The smallest absolute Gasteiger partial charge is 0.193 e. The Balaban J connectivity index is 3.02. The van der Waals surface area contributed by atoms with Crippen molar-refractivity contribution >= 4 is 27.5 Å². The van der Waals surface area contributed by atoms with Gasteiger partial charge in [0, 0.05) is 11.8 Å². The Kier molecular flexibility index (Phi) is 2.96. The van der Waals surface area contributed by atoms with Crippen LogP contribution in [0.1, 0.15) is 11.1 Å². The molecule has 0 aromatic carbocycles. The second kappa shape index (κ2) is 3.78. The van der Waals surface area contributed by atoms with Gasteiger partial charge in [-0.25, -0.2) is 4.98 Å². The highest BCUT2D eigenvalue weighted by molar-refractivity contribution is 9.10. The van der Waals surface area contributed by atoms with Crippen molar-refractivity contribution in [2.45, 2.75) is 5.50 Å². The zero-order valence-corrected chi connectivity index (χ0v) is 7.71. The number of hydrogen-bond acceptors (Lipinski definition) is 3. The van der Waals surface area contributed by atoms with Crippen molar-refractivity contribution < 1.29 is 0 Å². The third kappa shape index (κ3) is 1.97. The molecule has 11 heavy (non-hydrogen) atoms. The maximum Gasteiger partial charge on any atom is 0.193 e. The zero-order chi connectivity index (χ0) is 8.27. The summed E-state index contributed by atoms with van der Waals surface area (Å²) in [5, 5.41) is 2.66. The van der Waals surface area contributed by atoms with E-state index < -0.39 is 5.50 Å². The average molecular weight is 235 g/mol. The molecule has 58 valence electrons. The van der Waals surface area contributed by atoms with E-state index in [1.165, 1.54) is 0 Å². The van der Waals surface area contributed by atoms with Crippen LogP contribution in [0.5, 0.6) is 0 Å². The summed E-state index contributed by atoms with van der Waals surface area (Å²) < 4.78 is 0.555. The van der Waals surface area contributed by atoms with Crippen LogP contribution in [0.15, 0.2) is 28.1 Å². The highest BCUT2D eigenvalue weighted by Gasteiger charge is 2.10. The first-order valence-corrected chi connectivity index (χ1v) is 4.05. The summed E-state index contributed by atoms with van der Waals surface area (Å²) in [6, 6.07) is 3.39. The number of hydrogen-bond donors (Lipinski definition) is 0. The summed E-state index contributed by atoms with van der Waals surface area (Å²) in [4.78, 5) is 13.9. The lowest BCUT2D eigenvalue weighted by atomic mass is 10.3. The van der Waals surface area contributed by atoms with Crippen molar-refractivity contribution in [1.29, 1.82) is 0 Å². The van der Waals surface area contributed by atoms with Crippen molar-refractivity contribution in [3.05, 3.63) is 33.4 Å². The molecule has 0 saturated carbocycles. The molecule has 1 unspecified atom stereocenters. The molecule has 0 radical (unpaired) electrons. The highest BCUT2D eigenvalue weighted by atomic mass is 79.9. The molecule has 1 rings (SSSR count). The van der Waals surface area contributed by atoms with Gasteiger partial charge in [-0.2, -0.15) is 0 Å². The van der Waals surface area contributed by atoms with E-state index >= 15 is 0 Å². The van der Waals surface area contributed by atoms with Crippen LogP contribution in [0.3, 0.4) is 0 Å². The summed E-state index contributed by atoms with van der Waals surface area (Å²) in [6.45, 7) is 0. The summed E-state index contributed by atoms with van der Waals surface area (Å²) >= 11 is 8.69. The van der Waals surface area contributed by atoms with Crippen molar-refractivity contribution in [3.8, 4) is 0 Å². The molecule has 3 nitrogen and oxygen atoms in total. The van der Waals surface area contributed by atoms with Crippen LogP contribution in [-0.4, -0.2) is 4.98 Å².